The van der Waals surface area contributed by atoms with Crippen molar-refractivity contribution in [3.05, 3.63) is 65.7 Å². The molecule has 2 atom stereocenters. The van der Waals surface area contributed by atoms with Gasteiger partial charge in [-0.2, -0.15) is 0 Å². The summed E-state index contributed by atoms with van der Waals surface area (Å²) in [4.78, 5) is 36.4. The molecule has 0 spiro atoms. The molecule has 6 nitrogen and oxygen atoms in total. The van der Waals surface area contributed by atoms with E-state index in [9.17, 15) is 14.4 Å². The quantitative estimate of drug-likeness (QED) is 0.686. The molecule has 0 aromatic heterocycles. The maximum atomic E-state index is 12.2. The monoisotopic (exact) mass is 382 g/mol. The van der Waals surface area contributed by atoms with Gasteiger partial charge in [0.15, 0.2) is 6.10 Å². The number of amides is 2. The summed E-state index contributed by atoms with van der Waals surface area (Å²) in [7, 11) is 0. The third kappa shape index (κ3) is 6.54. The maximum absolute atomic E-state index is 12.2. The van der Waals surface area contributed by atoms with Crippen molar-refractivity contribution in [2.75, 3.05) is 5.32 Å². The van der Waals surface area contributed by atoms with Crippen LogP contribution in [0.4, 0.5) is 5.69 Å². The van der Waals surface area contributed by atoms with Crippen molar-refractivity contribution in [3.63, 3.8) is 0 Å². The molecule has 0 aliphatic carbocycles. The van der Waals surface area contributed by atoms with Gasteiger partial charge in [0.2, 0.25) is 0 Å². The Morgan fingerprint density at radius 2 is 1.61 bits per heavy atom. The number of hydrogen-bond donors (Lipinski definition) is 2. The van der Waals surface area contributed by atoms with E-state index in [1.807, 2.05) is 30.3 Å². The Labute approximate surface area is 165 Å². The molecule has 28 heavy (non-hydrogen) atoms. The lowest BCUT2D eigenvalue weighted by atomic mass is 10.1. The van der Waals surface area contributed by atoms with Crippen molar-refractivity contribution in [2.24, 2.45) is 0 Å². The molecular weight excluding hydrogens is 356 g/mol. The molecule has 0 aliphatic heterocycles. The number of hydrogen-bond acceptors (Lipinski definition) is 4. The Morgan fingerprint density at radius 3 is 2.21 bits per heavy atom. The highest BCUT2D eigenvalue weighted by Crippen LogP contribution is 2.11. The molecular formula is C22H26N2O4. The highest BCUT2D eigenvalue weighted by molar-refractivity contribution is 5.95. The van der Waals surface area contributed by atoms with Crippen LogP contribution in [-0.4, -0.2) is 29.9 Å². The number of nitrogens with one attached hydrogen (secondary N) is 2. The number of esters is 1. The number of rotatable bonds is 8. The van der Waals surface area contributed by atoms with E-state index in [1.165, 1.54) is 12.5 Å². The first-order valence-electron chi connectivity index (χ1n) is 9.34. The van der Waals surface area contributed by atoms with E-state index in [4.69, 9.17) is 4.74 Å². The van der Waals surface area contributed by atoms with Crippen molar-refractivity contribution < 1.29 is 19.1 Å². The first-order valence-corrected chi connectivity index (χ1v) is 9.34. The van der Waals surface area contributed by atoms with Gasteiger partial charge in [0.05, 0.1) is 6.42 Å². The van der Waals surface area contributed by atoms with Gasteiger partial charge in [-0.1, -0.05) is 37.3 Å². The smallest absolute Gasteiger partial charge is 0.308 e. The number of carbonyl (C=O) groups is 3. The van der Waals surface area contributed by atoms with E-state index in [1.54, 1.807) is 31.2 Å². The van der Waals surface area contributed by atoms with E-state index in [-0.39, 0.29) is 12.3 Å². The van der Waals surface area contributed by atoms with Crippen LogP contribution in [0.3, 0.4) is 0 Å². The Kier molecular flexibility index (Phi) is 7.75. The van der Waals surface area contributed by atoms with Crippen LogP contribution < -0.4 is 10.6 Å². The summed E-state index contributed by atoms with van der Waals surface area (Å²) in [5.41, 5.74) is 2.34. The molecule has 2 aromatic carbocycles. The Morgan fingerprint density at radius 1 is 0.964 bits per heavy atom. The van der Waals surface area contributed by atoms with E-state index in [0.29, 0.717) is 11.3 Å². The number of ether oxygens (including phenoxy) is 1. The lowest BCUT2D eigenvalue weighted by Crippen LogP contribution is -2.36. The van der Waals surface area contributed by atoms with Crippen molar-refractivity contribution in [3.8, 4) is 0 Å². The summed E-state index contributed by atoms with van der Waals surface area (Å²) in [6, 6.07) is 15.8. The Balaban J connectivity index is 1.78. The summed E-state index contributed by atoms with van der Waals surface area (Å²) >= 11 is 0. The third-order valence-corrected chi connectivity index (χ3v) is 4.19. The number of aryl methyl sites for hydroxylation is 1. The molecule has 2 unspecified atom stereocenters. The standard InChI is InChI=1S/C22H26N2O4/c1-4-17-10-12-19(13-11-17)24-21(26)16(3)28-20(25)14-15(2)23-22(27)18-8-6-5-7-9-18/h5-13,15-16H,4,14H2,1-3H3,(H,23,27)(H,24,26). The maximum Gasteiger partial charge on any atom is 0.308 e. The first kappa shape index (κ1) is 21.2. The van der Waals surface area contributed by atoms with Gasteiger partial charge in [-0.25, -0.2) is 0 Å². The molecule has 0 saturated heterocycles. The van der Waals surface area contributed by atoms with Crippen LogP contribution in [0.1, 0.15) is 43.1 Å². The lowest BCUT2D eigenvalue weighted by molar-refractivity contribution is -0.153. The fourth-order valence-corrected chi connectivity index (χ4v) is 2.56. The average molecular weight is 382 g/mol. The molecule has 0 bridgehead atoms. The van der Waals surface area contributed by atoms with Gasteiger partial charge in [-0.15, -0.1) is 0 Å². The van der Waals surface area contributed by atoms with E-state index >= 15 is 0 Å². The minimum Gasteiger partial charge on any atom is -0.452 e. The second-order valence-electron chi connectivity index (χ2n) is 6.62. The van der Waals surface area contributed by atoms with E-state index in [0.717, 1.165) is 6.42 Å². The van der Waals surface area contributed by atoms with Gasteiger partial charge in [0.25, 0.3) is 11.8 Å². The van der Waals surface area contributed by atoms with Crippen LogP contribution in [0.15, 0.2) is 54.6 Å². The summed E-state index contributed by atoms with van der Waals surface area (Å²) in [5, 5.41) is 5.46. The molecule has 2 N–H and O–H groups in total. The molecule has 6 heteroatoms. The van der Waals surface area contributed by atoms with Crippen molar-refractivity contribution >= 4 is 23.5 Å². The lowest BCUT2D eigenvalue weighted by Gasteiger charge is -2.17. The van der Waals surface area contributed by atoms with Gasteiger partial charge < -0.3 is 15.4 Å². The summed E-state index contributed by atoms with van der Waals surface area (Å²) in [6.45, 7) is 5.28. The molecule has 0 fully saturated rings. The van der Waals surface area contributed by atoms with E-state index < -0.39 is 24.0 Å². The van der Waals surface area contributed by atoms with Gasteiger partial charge in [0, 0.05) is 17.3 Å². The normalized spacial score (nSPS) is 12.5. The zero-order valence-electron chi connectivity index (χ0n) is 16.4. The molecule has 0 saturated carbocycles. The molecule has 2 rings (SSSR count). The topological polar surface area (TPSA) is 84.5 Å². The highest BCUT2D eigenvalue weighted by Gasteiger charge is 2.20. The average Bonchev–Trinajstić information content (AvgIpc) is 2.68. The summed E-state index contributed by atoms with van der Waals surface area (Å²) in [5.74, 6) is -1.22. The van der Waals surface area contributed by atoms with Crippen LogP contribution in [-0.2, 0) is 20.7 Å². The predicted molar refractivity (Wildman–Crippen MR) is 108 cm³/mol. The van der Waals surface area contributed by atoms with Crippen molar-refractivity contribution in [1.82, 2.24) is 5.32 Å². The highest BCUT2D eigenvalue weighted by atomic mass is 16.5. The summed E-state index contributed by atoms with van der Waals surface area (Å²) < 4.78 is 5.18. The van der Waals surface area contributed by atoms with Crippen LogP contribution in [0.2, 0.25) is 0 Å². The van der Waals surface area contributed by atoms with Gasteiger partial charge in [0.1, 0.15) is 0 Å². The zero-order chi connectivity index (χ0) is 20.5. The minimum atomic E-state index is -0.935. The summed E-state index contributed by atoms with van der Waals surface area (Å²) in [6.07, 6.45) is -0.0433. The Bertz CT molecular complexity index is 803. The fraction of sp³-hybridized carbons (Fsp3) is 0.318. The molecule has 0 aliphatic rings. The molecule has 0 radical (unpaired) electrons. The largest absolute Gasteiger partial charge is 0.452 e. The van der Waals surface area contributed by atoms with E-state index in [2.05, 4.69) is 17.6 Å². The third-order valence-electron chi connectivity index (χ3n) is 4.19. The molecule has 0 heterocycles. The molecule has 148 valence electrons. The molecule has 2 amide bonds. The SMILES string of the molecule is CCc1ccc(NC(=O)C(C)OC(=O)CC(C)NC(=O)c2ccccc2)cc1. The number of anilines is 1. The van der Waals surface area contributed by atoms with Gasteiger partial charge >= 0.3 is 5.97 Å². The fourth-order valence-electron chi connectivity index (χ4n) is 2.56. The number of carbonyl (C=O) groups excluding carboxylic acids is 3. The second kappa shape index (κ2) is 10.3. The van der Waals surface area contributed by atoms with Crippen LogP contribution in [0, 0.1) is 0 Å². The minimum absolute atomic E-state index is 0.0264. The van der Waals surface area contributed by atoms with Crippen molar-refractivity contribution in [2.45, 2.75) is 45.8 Å². The first-order chi connectivity index (χ1) is 13.4. The number of benzene rings is 2. The van der Waals surface area contributed by atoms with Crippen molar-refractivity contribution in [1.29, 1.82) is 0 Å². The Hall–Kier alpha value is -3.15. The van der Waals surface area contributed by atoms with Gasteiger partial charge in [-0.05, 0) is 50.1 Å². The van der Waals surface area contributed by atoms with Crippen LogP contribution >= 0.6 is 0 Å². The molecule has 2 aromatic rings. The predicted octanol–water partition coefficient (Wildman–Crippen LogP) is 3.33. The van der Waals surface area contributed by atoms with Crippen LogP contribution in [0.5, 0.6) is 0 Å². The second-order valence-corrected chi connectivity index (χ2v) is 6.62. The van der Waals surface area contributed by atoms with Crippen LogP contribution in [0.25, 0.3) is 0 Å². The van der Waals surface area contributed by atoms with Gasteiger partial charge in [-0.3, -0.25) is 14.4 Å². The zero-order valence-corrected chi connectivity index (χ0v) is 16.4.